The van der Waals surface area contributed by atoms with Gasteiger partial charge in [0.25, 0.3) is 0 Å². The number of rotatable bonds is 1. The summed E-state index contributed by atoms with van der Waals surface area (Å²) in [4.78, 5) is 13.6. The molecule has 1 heterocycles. The SMILES string of the molecule is C#CC1CC(=O)N(c2cc(C)cc(C)c2)C1. The van der Waals surface area contributed by atoms with E-state index in [0.717, 1.165) is 5.69 Å². The predicted molar refractivity (Wildman–Crippen MR) is 65.2 cm³/mol. The molecule has 16 heavy (non-hydrogen) atoms. The molecule has 0 bridgehead atoms. The van der Waals surface area contributed by atoms with Crippen LogP contribution in [-0.2, 0) is 4.79 Å². The number of terminal acetylenes is 1. The zero-order valence-electron chi connectivity index (χ0n) is 9.66. The van der Waals surface area contributed by atoms with Gasteiger partial charge in [-0.25, -0.2) is 0 Å². The zero-order valence-corrected chi connectivity index (χ0v) is 9.66. The van der Waals surface area contributed by atoms with Crippen LogP contribution in [-0.4, -0.2) is 12.5 Å². The quantitative estimate of drug-likeness (QED) is 0.655. The van der Waals surface area contributed by atoms with E-state index in [2.05, 4.69) is 12.0 Å². The van der Waals surface area contributed by atoms with Crippen molar-refractivity contribution in [1.29, 1.82) is 0 Å². The second-order valence-electron chi connectivity index (χ2n) is 4.42. The number of aryl methyl sites for hydroxylation is 2. The fourth-order valence-corrected chi connectivity index (χ4v) is 2.18. The summed E-state index contributed by atoms with van der Waals surface area (Å²) in [6, 6.07) is 6.16. The highest BCUT2D eigenvalue weighted by Crippen LogP contribution is 2.26. The highest BCUT2D eigenvalue weighted by molar-refractivity contribution is 5.96. The molecule has 0 aromatic heterocycles. The summed E-state index contributed by atoms with van der Waals surface area (Å²) in [7, 11) is 0. The van der Waals surface area contributed by atoms with Crippen molar-refractivity contribution < 1.29 is 4.79 Å². The van der Waals surface area contributed by atoms with Gasteiger partial charge in [0.05, 0.1) is 0 Å². The van der Waals surface area contributed by atoms with Crippen LogP contribution in [0.5, 0.6) is 0 Å². The lowest BCUT2D eigenvalue weighted by Gasteiger charge is -2.17. The Morgan fingerprint density at radius 2 is 1.94 bits per heavy atom. The summed E-state index contributed by atoms with van der Waals surface area (Å²) in [5.41, 5.74) is 3.32. The number of nitrogens with zero attached hydrogens (tertiary/aromatic N) is 1. The number of carbonyl (C=O) groups excluding carboxylic acids is 1. The molecule has 1 aliphatic heterocycles. The number of anilines is 1. The molecule has 0 aliphatic carbocycles. The Morgan fingerprint density at radius 3 is 2.44 bits per heavy atom. The number of hydrogen-bond acceptors (Lipinski definition) is 1. The van der Waals surface area contributed by atoms with Gasteiger partial charge in [-0.05, 0) is 37.1 Å². The Labute approximate surface area is 96.3 Å². The summed E-state index contributed by atoms with van der Waals surface area (Å²) in [5.74, 6) is 2.86. The van der Waals surface area contributed by atoms with Gasteiger partial charge in [-0.3, -0.25) is 4.79 Å². The molecule has 1 saturated heterocycles. The standard InChI is InChI=1S/C14H15NO/c1-4-12-8-14(16)15(9-12)13-6-10(2)5-11(3)7-13/h1,5-7,12H,8-9H2,2-3H3. The summed E-state index contributed by atoms with van der Waals surface area (Å²) in [6.45, 7) is 4.73. The lowest BCUT2D eigenvalue weighted by Crippen LogP contribution is -2.24. The molecule has 1 unspecified atom stereocenters. The molecule has 1 aromatic rings. The maximum Gasteiger partial charge on any atom is 0.228 e. The lowest BCUT2D eigenvalue weighted by atomic mass is 10.1. The van der Waals surface area contributed by atoms with E-state index in [9.17, 15) is 4.79 Å². The van der Waals surface area contributed by atoms with Gasteiger partial charge < -0.3 is 4.90 Å². The van der Waals surface area contributed by atoms with Gasteiger partial charge in [0.1, 0.15) is 0 Å². The average Bonchev–Trinajstić information content (AvgIpc) is 2.58. The molecular weight excluding hydrogens is 198 g/mol. The first kappa shape index (κ1) is 10.8. The lowest BCUT2D eigenvalue weighted by molar-refractivity contribution is -0.117. The average molecular weight is 213 g/mol. The molecule has 1 atom stereocenters. The van der Waals surface area contributed by atoms with Gasteiger partial charge in [0.2, 0.25) is 5.91 Å². The van der Waals surface area contributed by atoms with E-state index in [0.29, 0.717) is 13.0 Å². The van der Waals surface area contributed by atoms with E-state index >= 15 is 0 Å². The second kappa shape index (κ2) is 4.02. The molecule has 2 rings (SSSR count). The Morgan fingerprint density at radius 1 is 1.31 bits per heavy atom. The van der Waals surface area contributed by atoms with Crippen molar-refractivity contribution >= 4 is 11.6 Å². The number of benzene rings is 1. The number of carbonyl (C=O) groups is 1. The maximum atomic E-state index is 11.8. The molecule has 1 aliphatic rings. The summed E-state index contributed by atoms with van der Waals surface area (Å²) in [5, 5.41) is 0. The van der Waals surface area contributed by atoms with Gasteiger partial charge in [0, 0.05) is 24.6 Å². The van der Waals surface area contributed by atoms with Gasteiger partial charge >= 0.3 is 0 Å². The number of hydrogen-bond donors (Lipinski definition) is 0. The summed E-state index contributed by atoms with van der Waals surface area (Å²) < 4.78 is 0. The van der Waals surface area contributed by atoms with Gasteiger partial charge in [0.15, 0.2) is 0 Å². The van der Waals surface area contributed by atoms with Crippen molar-refractivity contribution in [2.24, 2.45) is 5.92 Å². The van der Waals surface area contributed by atoms with E-state index in [4.69, 9.17) is 6.42 Å². The van der Waals surface area contributed by atoms with Crippen LogP contribution in [0.3, 0.4) is 0 Å². The van der Waals surface area contributed by atoms with Crippen LogP contribution in [0.4, 0.5) is 5.69 Å². The van der Waals surface area contributed by atoms with Crippen LogP contribution in [0.25, 0.3) is 0 Å². The van der Waals surface area contributed by atoms with Crippen LogP contribution in [0.15, 0.2) is 18.2 Å². The molecule has 0 saturated carbocycles. The summed E-state index contributed by atoms with van der Waals surface area (Å²) in [6.07, 6.45) is 5.84. The van der Waals surface area contributed by atoms with Gasteiger partial charge in [-0.15, -0.1) is 12.3 Å². The predicted octanol–water partition coefficient (Wildman–Crippen LogP) is 2.29. The van der Waals surface area contributed by atoms with E-state index in [1.165, 1.54) is 11.1 Å². The third-order valence-electron chi connectivity index (χ3n) is 2.88. The zero-order chi connectivity index (χ0) is 11.7. The van der Waals surface area contributed by atoms with Crippen molar-refractivity contribution in [3.8, 4) is 12.3 Å². The van der Waals surface area contributed by atoms with E-state index in [1.54, 1.807) is 4.90 Å². The van der Waals surface area contributed by atoms with Crippen LogP contribution in [0.1, 0.15) is 17.5 Å². The Kier molecular flexibility index (Phi) is 2.70. The van der Waals surface area contributed by atoms with Gasteiger partial charge in [-0.1, -0.05) is 6.07 Å². The molecule has 0 spiro atoms. The topological polar surface area (TPSA) is 20.3 Å². The smallest absolute Gasteiger partial charge is 0.228 e. The molecule has 0 N–H and O–H groups in total. The van der Waals surface area contributed by atoms with Crippen LogP contribution >= 0.6 is 0 Å². The highest BCUT2D eigenvalue weighted by Gasteiger charge is 2.29. The minimum absolute atomic E-state index is 0.0633. The molecular formula is C14H15NO. The molecule has 1 aromatic carbocycles. The van der Waals surface area contributed by atoms with Crippen molar-refractivity contribution in [3.05, 3.63) is 29.3 Å². The van der Waals surface area contributed by atoms with Crippen LogP contribution in [0.2, 0.25) is 0 Å². The van der Waals surface area contributed by atoms with E-state index in [-0.39, 0.29) is 11.8 Å². The third kappa shape index (κ3) is 1.94. The monoisotopic (exact) mass is 213 g/mol. The first-order valence-electron chi connectivity index (χ1n) is 5.45. The molecule has 0 radical (unpaired) electrons. The van der Waals surface area contributed by atoms with E-state index in [1.807, 2.05) is 26.0 Å². The fourth-order valence-electron chi connectivity index (χ4n) is 2.18. The summed E-state index contributed by atoms with van der Waals surface area (Å²) >= 11 is 0. The van der Waals surface area contributed by atoms with Gasteiger partial charge in [-0.2, -0.15) is 0 Å². The Hall–Kier alpha value is -1.75. The molecule has 2 heteroatoms. The van der Waals surface area contributed by atoms with Crippen LogP contribution in [0, 0.1) is 32.1 Å². The maximum absolute atomic E-state index is 11.8. The van der Waals surface area contributed by atoms with Crippen molar-refractivity contribution in [2.45, 2.75) is 20.3 Å². The minimum Gasteiger partial charge on any atom is -0.311 e. The number of amides is 1. The van der Waals surface area contributed by atoms with Crippen LogP contribution < -0.4 is 4.90 Å². The van der Waals surface area contributed by atoms with E-state index < -0.39 is 0 Å². The Bertz CT molecular complexity index is 450. The van der Waals surface area contributed by atoms with Crippen molar-refractivity contribution in [2.75, 3.05) is 11.4 Å². The largest absolute Gasteiger partial charge is 0.311 e. The molecule has 1 amide bonds. The highest BCUT2D eigenvalue weighted by atomic mass is 16.2. The van der Waals surface area contributed by atoms with Crippen molar-refractivity contribution in [1.82, 2.24) is 0 Å². The Balaban J connectivity index is 2.32. The minimum atomic E-state index is 0.0633. The first-order chi connectivity index (χ1) is 7.60. The molecule has 1 fully saturated rings. The second-order valence-corrected chi connectivity index (χ2v) is 4.42. The normalized spacial score (nSPS) is 19.9. The first-order valence-corrected chi connectivity index (χ1v) is 5.45. The third-order valence-corrected chi connectivity index (χ3v) is 2.88. The molecule has 82 valence electrons. The van der Waals surface area contributed by atoms with Crippen molar-refractivity contribution in [3.63, 3.8) is 0 Å². The molecule has 2 nitrogen and oxygen atoms in total. The fraction of sp³-hybridized carbons (Fsp3) is 0.357.